The van der Waals surface area contributed by atoms with Crippen molar-refractivity contribution in [3.8, 4) is 5.69 Å². The van der Waals surface area contributed by atoms with Crippen LogP contribution in [-0.4, -0.2) is 14.5 Å². The Morgan fingerprint density at radius 2 is 1.88 bits per heavy atom. The van der Waals surface area contributed by atoms with Crippen molar-refractivity contribution in [1.29, 1.82) is 0 Å². The van der Waals surface area contributed by atoms with Crippen molar-refractivity contribution in [2.45, 2.75) is 33.6 Å². The molecular weight excluding hydrogens is 326 g/mol. The van der Waals surface area contributed by atoms with Crippen molar-refractivity contribution in [1.82, 2.24) is 14.5 Å². The monoisotopic (exact) mass is 343 g/mol. The Labute approximate surface area is 143 Å². The molecule has 0 aliphatic heterocycles. The number of hydrogen-bond acceptors (Lipinski definition) is 3. The average molecular weight is 344 g/mol. The van der Waals surface area contributed by atoms with E-state index in [-0.39, 0.29) is 16.7 Å². The summed E-state index contributed by atoms with van der Waals surface area (Å²) in [6, 6.07) is 7.52. The molecule has 124 valence electrons. The van der Waals surface area contributed by atoms with Gasteiger partial charge in [0.25, 0.3) is 5.56 Å². The summed E-state index contributed by atoms with van der Waals surface area (Å²) in [4.78, 5) is 31.5. The molecule has 3 aromatic rings. The van der Waals surface area contributed by atoms with Crippen LogP contribution in [0.25, 0.3) is 16.7 Å². The smallest absolute Gasteiger partial charge is 0.273 e. The predicted octanol–water partition coefficient (Wildman–Crippen LogP) is 3.47. The van der Waals surface area contributed by atoms with E-state index in [9.17, 15) is 9.59 Å². The summed E-state index contributed by atoms with van der Waals surface area (Å²) in [5.41, 5.74) is 2.66. The molecule has 0 saturated carbocycles. The fraction of sp³-hybridized carbons (Fsp3) is 0.278. The zero-order valence-electron chi connectivity index (χ0n) is 14.0. The highest BCUT2D eigenvalue weighted by molar-refractivity contribution is 6.30. The summed E-state index contributed by atoms with van der Waals surface area (Å²) in [7, 11) is 0. The average Bonchev–Trinajstić information content (AvgIpc) is 2.50. The minimum absolute atomic E-state index is 0.203. The van der Waals surface area contributed by atoms with Gasteiger partial charge in [0.15, 0.2) is 5.65 Å². The van der Waals surface area contributed by atoms with Crippen molar-refractivity contribution in [3.05, 3.63) is 66.9 Å². The van der Waals surface area contributed by atoms with Crippen molar-refractivity contribution in [2.24, 2.45) is 0 Å². The highest BCUT2D eigenvalue weighted by Crippen LogP contribution is 2.27. The first kappa shape index (κ1) is 16.5. The third-order valence-electron chi connectivity index (χ3n) is 4.13. The summed E-state index contributed by atoms with van der Waals surface area (Å²) < 4.78 is 1.45. The molecule has 2 aromatic heterocycles. The number of benzene rings is 1. The van der Waals surface area contributed by atoms with E-state index in [1.165, 1.54) is 4.57 Å². The number of aryl methyl sites for hydroxylation is 2. The third-order valence-corrected chi connectivity index (χ3v) is 4.51. The zero-order valence-corrected chi connectivity index (χ0v) is 14.7. The number of fused-ring (bicyclic) bond motifs is 1. The molecule has 0 fully saturated rings. The second kappa shape index (κ2) is 5.91. The van der Waals surface area contributed by atoms with Crippen molar-refractivity contribution in [2.75, 3.05) is 0 Å². The summed E-state index contributed by atoms with van der Waals surface area (Å²) in [6.45, 7) is 7.82. The Hall–Kier alpha value is -2.40. The first-order valence-electron chi connectivity index (χ1n) is 7.73. The first-order valence-corrected chi connectivity index (χ1v) is 8.11. The van der Waals surface area contributed by atoms with E-state index in [0.717, 1.165) is 16.8 Å². The Balaban J connectivity index is 2.56. The van der Waals surface area contributed by atoms with Crippen LogP contribution in [-0.2, 0) is 0 Å². The van der Waals surface area contributed by atoms with E-state index in [1.807, 2.05) is 25.1 Å². The highest BCUT2D eigenvalue weighted by atomic mass is 35.5. The molecule has 0 radical (unpaired) electrons. The quantitative estimate of drug-likeness (QED) is 0.724. The molecule has 0 saturated heterocycles. The van der Waals surface area contributed by atoms with Gasteiger partial charge in [0.1, 0.15) is 5.15 Å². The van der Waals surface area contributed by atoms with Gasteiger partial charge in [-0.3, -0.25) is 9.78 Å². The Bertz CT molecular complexity index is 1060. The first-order chi connectivity index (χ1) is 11.3. The lowest BCUT2D eigenvalue weighted by Crippen LogP contribution is -2.31. The van der Waals surface area contributed by atoms with Crippen LogP contribution in [0.2, 0.25) is 5.15 Å². The molecule has 2 heterocycles. The fourth-order valence-electron chi connectivity index (χ4n) is 2.90. The largest absolute Gasteiger partial charge is 0.334 e. The van der Waals surface area contributed by atoms with E-state index in [2.05, 4.69) is 23.8 Å². The lowest BCUT2D eigenvalue weighted by Gasteiger charge is -2.18. The molecule has 0 spiro atoms. The number of H-pyrrole nitrogens is 1. The lowest BCUT2D eigenvalue weighted by molar-refractivity contribution is 0.826. The van der Waals surface area contributed by atoms with Gasteiger partial charge < -0.3 is 0 Å². The molecule has 0 atom stereocenters. The number of para-hydroxylation sites is 1. The van der Waals surface area contributed by atoms with Crippen LogP contribution in [0.4, 0.5) is 0 Å². The van der Waals surface area contributed by atoms with Crippen molar-refractivity contribution in [3.63, 3.8) is 0 Å². The number of aromatic amines is 1. The fourth-order valence-corrected chi connectivity index (χ4v) is 3.03. The Morgan fingerprint density at radius 1 is 1.17 bits per heavy atom. The molecule has 0 amide bonds. The molecule has 0 aliphatic carbocycles. The van der Waals surface area contributed by atoms with Gasteiger partial charge >= 0.3 is 5.69 Å². The Morgan fingerprint density at radius 3 is 2.54 bits per heavy atom. The van der Waals surface area contributed by atoms with Crippen LogP contribution in [0.15, 0.2) is 33.9 Å². The molecule has 0 unspecified atom stereocenters. The molecule has 5 nitrogen and oxygen atoms in total. The number of aromatic nitrogens is 3. The van der Waals surface area contributed by atoms with Crippen LogP contribution in [0.5, 0.6) is 0 Å². The second-order valence-electron chi connectivity index (χ2n) is 6.23. The van der Waals surface area contributed by atoms with Crippen LogP contribution in [0, 0.1) is 13.8 Å². The van der Waals surface area contributed by atoms with Gasteiger partial charge in [0, 0.05) is 0 Å². The van der Waals surface area contributed by atoms with Crippen molar-refractivity contribution >= 4 is 22.6 Å². The van der Waals surface area contributed by atoms with Gasteiger partial charge in [-0.1, -0.05) is 43.6 Å². The minimum atomic E-state index is -0.517. The van der Waals surface area contributed by atoms with E-state index >= 15 is 0 Å². The highest BCUT2D eigenvalue weighted by Gasteiger charge is 2.18. The van der Waals surface area contributed by atoms with Gasteiger partial charge in [0.05, 0.1) is 11.1 Å². The number of halogens is 1. The van der Waals surface area contributed by atoms with Gasteiger partial charge in [-0.25, -0.2) is 14.3 Å². The van der Waals surface area contributed by atoms with Gasteiger partial charge in [0.2, 0.25) is 0 Å². The number of pyridine rings is 1. The molecule has 24 heavy (non-hydrogen) atoms. The standard InChI is InChI=1S/C18H18ClN3O2/c1-9(2)12-7-5-6-10(3)14(12)22-16-13(17(23)21-18(22)24)8-11(4)15(19)20-16/h5-9H,1-4H3,(H,21,23,24). The molecule has 0 aliphatic rings. The summed E-state index contributed by atoms with van der Waals surface area (Å²) in [5, 5.41) is 0.621. The van der Waals surface area contributed by atoms with Gasteiger partial charge in [-0.2, -0.15) is 0 Å². The third kappa shape index (κ3) is 2.55. The number of nitrogens with zero attached hydrogens (tertiary/aromatic N) is 2. The topological polar surface area (TPSA) is 67.8 Å². The SMILES string of the molecule is Cc1cc2c(=O)[nH]c(=O)n(-c3c(C)cccc3C(C)C)c2nc1Cl. The second-order valence-corrected chi connectivity index (χ2v) is 6.59. The van der Waals surface area contributed by atoms with Gasteiger partial charge in [-0.05, 0) is 42.5 Å². The van der Waals surface area contributed by atoms with Gasteiger partial charge in [-0.15, -0.1) is 0 Å². The van der Waals surface area contributed by atoms with E-state index < -0.39 is 11.2 Å². The number of hydrogen-bond donors (Lipinski definition) is 1. The molecular formula is C18H18ClN3O2. The normalized spacial score (nSPS) is 11.4. The van der Waals surface area contributed by atoms with Crippen LogP contribution in [0.1, 0.15) is 36.5 Å². The van der Waals surface area contributed by atoms with E-state index in [0.29, 0.717) is 10.9 Å². The zero-order chi connectivity index (χ0) is 17.6. The number of nitrogens with one attached hydrogen (secondary N) is 1. The molecule has 3 rings (SSSR count). The summed E-state index contributed by atoms with van der Waals surface area (Å²) >= 11 is 6.16. The maximum absolute atomic E-state index is 12.6. The lowest BCUT2D eigenvalue weighted by atomic mass is 9.98. The molecule has 6 heteroatoms. The predicted molar refractivity (Wildman–Crippen MR) is 96.5 cm³/mol. The molecule has 1 N–H and O–H groups in total. The Kier molecular flexibility index (Phi) is 4.05. The van der Waals surface area contributed by atoms with Crippen molar-refractivity contribution < 1.29 is 0 Å². The van der Waals surface area contributed by atoms with E-state index in [1.54, 1.807) is 13.0 Å². The van der Waals surface area contributed by atoms with Crippen LogP contribution >= 0.6 is 11.6 Å². The number of rotatable bonds is 2. The summed E-state index contributed by atoms with van der Waals surface area (Å²) in [6.07, 6.45) is 0. The maximum atomic E-state index is 12.6. The van der Waals surface area contributed by atoms with Crippen LogP contribution < -0.4 is 11.2 Å². The minimum Gasteiger partial charge on any atom is -0.273 e. The molecule has 0 bridgehead atoms. The maximum Gasteiger partial charge on any atom is 0.334 e. The molecule has 1 aromatic carbocycles. The van der Waals surface area contributed by atoms with Crippen LogP contribution in [0.3, 0.4) is 0 Å². The van der Waals surface area contributed by atoms with E-state index in [4.69, 9.17) is 11.6 Å². The summed E-state index contributed by atoms with van der Waals surface area (Å²) in [5.74, 6) is 0.203.